The van der Waals surface area contributed by atoms with Gasteiger partial charge in [0, 0.05) is 5.30 Å². The van der Waals surface area contributed by atoms with E-state index in [4.69, 9.17) is 9.47 Å². The van der Waals surface area contributed by atoms with Crippen molar-refractivity contribution < 1.29 is 53.0 Å². The van der Waals surface area contributed by atoms with Gasteiger partial charge in [-0.15, -0.1) is 0 Å². The first-order valence-corrected chi connectivity index (χ1v) is 13.0. The maximum atomic E-state index is 12.6. The summed E-state index contributed by atoms with van der Waals surface area (Å²) in [4.78, 5) is 72.5. The predicted molar refractivity (Wildman–Crippen MR) is 149 cm³/mol. The molecule has 4 rings (SSSR count). The normalized spacial score (nSPS) is 10.2. The number of benzene rings is 4. The Morgan fingerprint density at radius 2 is 0.690 bits per heavy atom. The van der Waals surface area contributed by atoms with Crippen LogP contribution in [0.5, 0.6) is 0 Å². The summed E-state index contributed by atoms with van der Waals surface area (Å²) in [5.74, 6) is -7.95. The largest absolute Gasteiger partial charge is 0.478 e. The van der Waals surface area contributed by atoms with Crippen molar-refractivity contribution in [1.82, 2.24) is 0 Å². The van der Waals surface area contributed by atoms with Crippen LogP contribution >= 0.6 is 8.46 Å². The summed E-state index contributed by atoms with van der Waals surface area (Å²) in [5, 5.41) is 19.3. The number of carbonyl (C=O) groups is 6. The first kappa shape index (κ1) is 30.9. The van der Waals surface area contributed by atoms with Gasteiger partial charge in [0.25, 0.3) is 0 Å². The van der Waals surface area contributed by atoms with Crippen molar-refractivity contribution in [3.8, 4) is 0 Å². The second-order valence-corrected chi connectivity index (χ2v) is 9.03. The number of hydrogen-bond acceptors (Lipinski definition) is 9. The average molecular weight is 588 g/mol. The van der Waals surface area contributed by atoms with Crippen LogP contribution in [0.15, 0.2) is 103 Å². The van der Waals surface area contributed by atoms with Crippen molar-refractivity contribution in [3.05, 3.63) is 137 Å². The van der Waals surface area contributed by atoms with Gasteiger partial charge in [-0.25, -0.2) is 28.8 Å². The highest BCUT2D eigenvalue weighted by molar-refractivity contribution is 7.34. The second-order valence-electron chi connectivity index (χ2n) is 8.13. The van der Waals surface area contributed by atoms with Crippen LogP contribution in [0.4, 0.5) is 0 Å². The van der Waals surface area contributed by atoms with Crippen molar-refractivity contribution >= 4 is 49.6 Å². The van der Waals surface area contributed by atoms with E-state index in [1.807, 2.05) is 30.3 Å². The SMILES string of the molecule is O=C(O)c1ccccc1C(=O)OC(=O)c1ccccc1C(=O)OC(=O)c1ccccc1C(=O)O.O=[PH2]c1ccccc1. The van der Waals surface area contributed by atoms with Gasteiger partial charge < -0.3 is 24.3 Å². The first-order valence-electron chi connectivity index (χ1n) is 11.9. The minimum atomic E-state index is -1.41. The molecule has 4 aromatic rings. The van der Waals surface area contributed by atoms with Gasteiger partial charge in [-0.2, -0.15) is 0 Å². The van der Waals surface area contributed by atoms with Crippen LogP contribution in [0.2, 0.25) is 0 Å². The maximum Gasteiger partial charge on any atom is 0.346 e. The fraction of sp³-hybridized carbons (Fsp3) is 0. The Kier molecular flexibility index (Phi) is 10.8. The fourth-order valence-electron chi connectivity index (χ4n) is 3.45. The van der Waals surface area contributed by atoms with Crippen LogP contribution < -0.4 is 5.30 Å². The van der Waals surface area contributed by atoms with Gasteiger partial charge in [0.15, 0.2) is 0 Å². The van der Waals surface area contributed by atoms with E-state index < -0.39 is 66.5 Å². The molecule has 212 valence electrons. The molecule has 42 heavy (non-hydrogen) atoms. The van der Waals surface area contributed by atoms with Crippen LogP contribution in [-0.2, 0) is 14.0 Å². The third-order valence-electron chi connectivity index (χ3n) is 5.43. The Hall–Kier alpha value is -5.67. The quantitative estimate of drug-likeness (QED) is 0.180. The monoisotopic (exact) mass is 588 g/mol. The molecule has 0 saturated heterocycles. The highest BCUT2D eigenvalue weighted by atomic mass is 31.1. The van der Waals surface area contributed by atoms with Gasteiger partial charge in [0.1, 0.15) is 0 Å². The summed E-state index contributed by atoms with van der Waals surface area (Å²) in [5.41, 5.74) is -2.43. The summed E-state index contributed by atoms with van der Waals surface area (Å²) in [6, 6.07) is 24.5. The van der Waals surface area contributed by atoms with Crippen molar-refractivity contribution in [1.29, 1.82) is 0 Å². The number of rotatable bonds is 7. The number of carboxylic acid groups (broad SMARTS) is 2. The predicted octanol–water partition coefficient (Wildman–Crippen LogP) is 4.15. The molecule has 0 amide bonds. The molecule has 1 unspecified atom stereocenters. The second kappa shape index (κ2) is 14.6. The lowest BCUT2D eigenvalue weighted by molar-refractivity contribution is 0.0354. The smallest absolute Gasteiger partial charge is 0.346 e. The molecule has 4 aromatic carbocycles. The van der Waals surface area contributed by atoms with Crippen LogP contribution in [0.1, 0.15) is 62.1 Å². The molecular formula is C30H21O11P. The fourth-order valence-corrected chi connectivity index (χ4v) is 3.83. The lowest BCUT2D eigenvalue weighted by Crippen LogP contribution is -2.21. The Bertz CT molecular complexity index is 1580. The van der Waals surface area contributed by atoms with Crippen LogP contribution in [-0.4, -0.2) is 46.0 Å². The molecule has 0 fully saturated rings. The maximum absolute atomic E-state index is 12.6. The summed E-state index contributed by atoms with van der Waals surface area (Å²) in [7, 11) is -0.739. The molecule has 2 N–H and O–H groups in total. The van der Waals surface area contributed by atoms with E-state index in [1.165, 1.54) is 36.4 Å². The zero-order valence-electron chi connectivity index (χ0n) is 21.5. The van der Waals surface area contributed by atoms with E-state index in [1.54, 1.807) is 0 Å². The molecule has 0 saturated carbocycles. The van der Waals surface area contributed by atoms with E-state index in [0.29, 0.717) is 0 Å². The lowest BCUT2D eigenvalue weighted by Gasteiger charge is -2.10. The van der Waals surface area contributed by atoms with Gasteiger partial charge in [0.2, 0.25) is 0 Å². The standard InChI is InChI=1S/C24H14O10.C6H7OP/c25-19(26)13-7-1-3-9-15(13)21(29)33-23(31)17-11-5-6-12-18(17)24(32)34-22(30)16-10-4-2-8-14(16)20(27)28;7-8-6-4-2-1-3-5-6/h1-12H,(H,25,26)(H,27,28);1-5H,8H2. The Morgan fingerprint density at radius 3 is 0.952 bits per heavy atom. The van der Waals surface area contributed by atoms with Gasteiger partial charge >= 0.3 is 35.8 Å². The molecular weight excluding hydrogens is 567 g/mol. The molecule has 0 aliphatic carbocycles. The van der Waals surface area contributed by atoms with Gasteiger partial charge in [-0.1, -0.05) is 66.7 Å². The third-order valence-corrected chi connectivity index (χ3v) is 6.09. The highest BCUT2D eigenvalue weighted by Gasteiger charge is 2.27. The van der Waals surface area contributed by atoms with E-state index in [2.05, 4.69) is 0 Å². The van der Waals surface area contributed by atoms with Crippen LogP contribution in [0.3, 0.4) is 0 Å². The number of carbonyl (C=O) groups excluding carboxylic acids is 4. The van der Waals surface area contributed by atoms with Crippen molar-refractivity contribution in [2.75, 3.05) is 0 Å². The van der Waals surface area contributed by atoms with Gasteiger partial charge in [0.05, 0.1) is 41.8 Å². The Balaban J connectivity index is 0.000000521. The third kappa shape index (κ3) is 7.93. The molecule has 11 nitrogen and oxygen atoms in total. The molecule has 0 radical (unpaired) electrons. The molecule has 1 atom stereocenters. The topological polar surface area (TPSA) is 178 Å². The van der Waals surface area contributed by atoms with Crippen molar-refractivity contribution in [2.45, 2.75) is 0 Å². The molecule has 0 heterocycles. The van der Waals surface area contributed by atoms with Crippen molar-refractivity contribution in [3.63, 3.8) is 0 Å². The molecule has 12 heteroatoms. The first-order chi connectivity index (χ1) is 20.1. The molecule has 0 aliphatic heterocycles. The van der Waals surface area contributed by atoms with Crippen LogP contribution in [0.25, 0.3) is 0 Å². The highest BCUT2D eigenvalue weighted by Crippen LogP contribution is 2.17. The Labute approximate surface area is 239 Å². The molecule has 0 aromatic heterocycles. The summed E-state index contributed by atoms with van der Waals surface area (Å²) in [6.45, 7) is 0. The minimum absolute atomic E-state index is 0.385. The molecule has 0 bridgehead atoms. The Morgan fingerprint density at radius 1 is 0.429 bits per heavy atom. The zero-order valence-corrected chi connectivity index (χ0v) is 22.6. The van der Waals surface area contributed by atoms with Gasteiger partial charge in [-0.3, -0.25) is 0 Å². The minimum Gasteiger partial charge on any atom is -0.478 e. The lowest BCUT2D eigenvalue weighted by atomic mass is 10.1. The van der Waals surface area contributed by atoms with Crippen molar-refractivity contribution in [2.24, 2.45) is 0 Å². The van der Waals surface area contributed by atoms with E-state index in [9.17, 15) is 43.5 Å². The molecule has 0 spiro atoms. The molecule has 0 aliphatic rings. The summed E-state index contributed by atoms with van der Waals surface area (Å²) >= 11 is 0. The number of carboxylic acids is 2. The number of hydrogen-bond donors (Lipinski definition) is 2. The zero-order chi connectivity index (χ0) is 30.6. The number of aromatic carboxylic acids is 2. The number of esters is 4. The number of ether oxygens (including phenoxy) is 2. The van der Waals surface area contributed by atoms with E-state index in [0.717, 1.165) is 41.7 Å². The van der Waals surface area contributed by atoms with E-state index in [-0.39, 0.29) is 11.1 Å². The summed E-state index contributed by atoms with van der Waals surface area (Å²) < 4.78 is 19.7. The average Bonchev–Trinajstić information content (AvgIpc) is 3.01. The van der Waals surface area contributed by atoms with E-state index >= 15 is 0 Å². The summed E-state index contributed by atoms with van der Waals surface area (Å²) in [6.07, 6.45) is 0. The van der Waals surface area contributed by atoms with Crippen LogP contribution in [0, 0.1) is 0 Å². The van der Waals surface area contributed by atoms with Gasteiger partial charge in [-0.05, 0) is 36.4 Å².